The Morgan fingerprint density at radius 1 is 1.07 bits per heavy atom. The summed E-state index contributed by atoms with van der Waals surface area (Å²) in [5, 5.41) is 6.07. The van der Waals surface area contributed by atoms with Crippen molar-refractivity contribution < 1.29 is 4.79 Å². The lowest BCUT2D eigenvalue weighted by Gasteiger charge is -2.25. The molecule has 1 aliphatic carbocycles. The highest BCUT2D eigenvalue weighted by molar-refractivity contribution is 9.10. The van der Waals surface area contributed by atoms with Gasteiger partial charge in [-0.3, -0.25) is 4.79 Å². The van der Waals surface area contributed by atoms with E-state index in [1.54, 1.807) is 0 Å². The first kappa shape index (κ1) is 18.4. The summed E-state index contributed by atoms with van der Waals surface area (Å²) in [6.45, 7) is 0. The predicted octanol–water partition coefficient (Wildman–Crippen LogP) is 3.25. The summed E-state index contributed by atoms with van der Waals surface area (Å²) in [6.07, 6.45) is 2.62. The number of fused-ring (bicyclic) bond motifs is 1. The summed E-state index contributed by atoms with van der Waals surface area (Å²) >= 11 is 3.41. The number of aromatic nitrogens is 3. The molecule has 4 rings (SSSR count). The topological polar surface area (TPSA) is 106 Å². The smallest absolute Gasteiger partial charge is 0.289 e. The van der Waals surface area contributed by atoms with Crippen molar-refractivity contribution in [3.63, 3.8) is 0 Å². The van der Waals surface area contributed by atoms with Crippen molar-refractivity contribution in [1.29, 1.82) is 0 Å². The van der Waals surface area contributed by atoms with Gasteiger partial charge in [0.05, 0.1) is 0 Å². The summed E-state index contributed by atoms with van der Waals surface area (Å²) < 4.78 is 0.912. The van der Waals surface area contributed by atoms with Gasteiger partial charge in [0.15, 0.2) is 0 Å². The molecule has 28 heavy (non-hydrogen) atoms. The monoisotopic (exact) mass is 438 g/mol. The minimum atomic E-state index is -0.351. The summed E-state index contributed by atoms with van der Waals surface area (Å²) in [5.74, 6) is -0.129. The number of amides is 1. The molecule has 2 aromatic carbocycles. The van der Waals surface area contributed by atoms with Gasteiger partial charge in [-0.15, -0.1) is 0 Å². The molecule has 0 saturated heterocycles. The van der Waals surface area contributed by atoms with Gasteiger partial charge in [0, 0.05) is 16.2 Å². The van der Waals surface area contributed by atoms with E-state index in [1.165, 1.54) is 11.1 Å². The van der Waals surface area contributed by atoms with Gasteiger partial charge in [-0.05, 0) is 48.6 Å². The minimum Gasteiger partial charge on any atom is -0.368 e. The van der Waals surface area contributed by atoms with Crippen molar-refractivity contribution in [3.8, 4) is 0 Å². The number of nitrogens with one attached hydrogen (secondary N) is 2. The van der Waals surface area contributed by atoms with Crippen molar-refractivity contribution in [1.82, 2.24) is 20.3 Å². The zero-order valence-corrected chi connectivity index (χ0v) is 16.6. The van der Waals surface area contributed by atoms with Crippen LogP contribution in [-0.4, -0.2) is 26.9 Å². The molecule has 4 N–H and O–H groups in total. The highest BCUT2D eigenvalue weighted by atomic mass is 79.9. The van der Waals surface area contributed by atoms with E-state index in [4.69, 9.17) is 5.73 Å². The lowest BCUT2D eigenvalue weighted by atomic mass is 9.88. The van der Waals surface area contributed by atoms with Gasteiger partial charge in [-0.2, -0.15) is 15.0 Å². The Kier molecular flexibility index (Phi) is 5.21. The summed E-state index contributed by atoms with van der Waals surface area (Å²) in [4.78, 5) is 25.0. The number of nitrogen functional groups attached to an aromatic ring is 1. The van der Waals surface area contributed by atoms with Gasteiger partial charge < -0.3 is 16.4 Å². The molecule has 1 aromatic heterocycles. The largest absolute Gasteiger partial charge is 0.368 e. The van der Waals surface area contributed by atoms with Gasteiger partial charge in [-0.1, -0.05) is 46.3 Å². The lowest BCUT2D eigenvalue weighted by Crippen LogP contribution is -2.39. The zero-order chi connectivity index (χ0) is 19.5. The standard InChI is InChI=1S/C20H19BrN6O/c21-14-6-3-7-15(11-14)24-20-26-17(25-19(22)27-20)18(28)23-16-9-8-12-4-1-2-5-13(12)10-16/h1-7,11,16H,8-10H2,(H,23,28)(H3,22,24,25,26,27). The maximum absolute atomic E-state index is 12.7. The number of hydrogen-bond donors (Lipinski definition) is 3. The molecule has 3 aromatic rings. The van der Waals surface area contributed by atoms with Crippen molar-refractivity contribution in [2.24, 2.45) is 0 Å². The second kappa shape index (κ2) is 7.93. The van der Waals surface area contributed by atoms with Crippen LogP contribution < -0.4 is 16.4 Å². The van der Waals surface area contributed by atoms with E-state index in [0.29, 0.717) is 0 Å². The number of anilines is 3. The summed E-state index contributed by atoms with van der Waals surface area (Å²) in [6, 6.07) is 15.9. The molecule has 0 saturated carbocycles. The first-order chi connectivity index (χ1) is 13.6. The Labute approximate surface area is 170 Å². The van der Waals surface area contributed by atoms with E-state index in [-0.39, 0.29) is 29.7 Å². The molecule has 0 fully saturated rings. The average Bonchev–Trinajstić information content (AvgIpc) is 2.67. The highest BCUT2D eigenvalue weighted by Gasteiger charge is 2.22. The van der Waals surface area contributed by atoms with Gasteiger partial charge in [0.2, 0.25) is 17.7 Å². The van der Waals surface area contributed by atoms with Crippen molar-refractivity contribution in [2.75, 3.05) is 11.1 Å². The van der Waals surface area contributed by atoms with Crippen LogP contribution in [0.15, 0.2) is 53.0 Å². The van der Waals surface area contributed by atoms with Gasteiger partial charge in [0.25, 0.3) is 5.91 Å². The SMILES string of the molecule is Nc1nc(Nc2cccc(Br)c2)nc(C(=O)NC2CCc3ccccc3C2)n1. The fraction of sp³-hybridized carbons (Fsp3) is 0.200. The molecule has 0 radical (unpaired) electrons. The quantitative estimate of drug-likeness (QED) is 0.577. The summed E-state index contributed by atoms with van der Waals surface area (Å²) in [5.41, 5.74) is 9.17. The molecule has 1 atom stereocenters. The zero-order valence-electron chi connectivity index (χ0n) is 15.0. The molecule has 0 spiro atoms. The van der Waals surface area contributed by atoms with Crippen LogP contribution in [0.2, 0.25) is 0 Å². The van der Waals surface area contributed by atoms with Crippen LogP contribution >= 0.6 is 15.9 Å². The third-order valence-corrected chi connectivity index (χ3v) is 5.11. The number of carbonyl (C=O) groups is 1. The first-order valence-electron chi connectivity index (χ1n) is 8.98. The molecule has 1 heterocycles. The third-order valence-electron chi connectivity index (χ3n) is 4.62. The number of hydrogen-bond acceptors (Lipinski definition) is 6. The maximum Gasteiger partial charge on any atom is 0.289 e. The average molecular weight is 439 g/mol. The Hall–Kier alpha value is -3.00. The van der Waals surface area contributed by atoms with Crippen LogP contribution in [0.3, 0.4) is 0 Å². The second-order valence-electron chi connectivity index (χ2n) is 6.66. The predicted molar refractivity (Wildman–Crippen MR) is 111 cm³/mol. The van der Waals surface area contributed by atoms with Crippen molar-refractivity contribution >= 4 is 39.4 Å². The lowest BCUT2D eigenvalue weighted by molar-refractivity contribution is 0.0923. The number of rotatable bonds is 4. The highest BCUT2D eigenvalue weighted by Crippen LogP contribution is 2.22. The van der Waals surface area contributed by atoms with E-state index in [2.05, 4.69) is 53.6 Å². The van der Waals surface area contributed by atoms with Crippen LogP contribution in [0.5, 0.6) is 0 Å². The normalized spacial score (nSPS) is 15.5. The molecular weight excluding hydrogens is 420 g/mol. The number of nitrogens with zero attached hydrogens (tertiary/aromatic N) is 3. The van der Waals surface area contributed by atoms with E-state index >= 15 is 0 Å². The van der Waals surface area contributed by atoms with Crippen molar-refractivity contribution in [2.45, 2.75) is 25.3 Å². The Morgan fingerprint density at radius 3 is 2.71 bits per heavy atom. The van der Waals surface area contributed by atoms with E-state index in [1.807, 2.05) is 36.4 Å². The first-order valence-corrected chi connectivity index (χ1v) is 9.78. The minimum absolute atomic E-state index is 0.00357. The van der Waals surface area contributed by atoms with Crippen LogP contribution in [0.4, 0.5) is 17.6 Å². The maximum atomic E-state index is 12.7. The van der Waals surface area contributed by atoms with E-state index in [9.17, 15) is 4.79 Å². The Bertz CT molecular complexity index is 1030. The number of aryl methyl sites for hydroxylation is 1. The molecule has 7 nitrogen and oxygen atoms in total. The second-order valence-corrected chi connectivity index (χ2v) is 7.57. The van der Waals surface area contributed by atoms with Crippen molar-refractivity contribution in [3.05, 3.63) is 70.0 Å². The number of halogens is 1. The Balaban J connectivity index is 1.48. The third kappa shape index (κ3) is 4.28. The summed E-state index contributed by atoms with van der Waals surface area (Å²) in [7, 11) is 0. The van der Waals surface area contributed by atoms with Crippen LogP contribution in [0.25, 0.3) is 0 Å². The van der Waals surface area contributed by atoms with Crippen LogP contribution in [0, 0.1) is 0 Å². The Morgan fingerprint density at radius 2 is 1.89 bits per heavy atom. The number of benzene rings is 2. The van der Waals surface area contributed by atoms with Crippen LogP contribution in [-0.2, 0) is 12.8 Å². The number of nitrogens with two attached hydrogens (primary N) is 1. The molecule has 142 valence electrons. The molecule has 0 aliphatic heterocycles. The van der Waals surface area contributed by atoms with Gasteiger partial charge >= 0.3 is 0 Å². The molecule has 1 aliphatic rings. The van der Waals surface area contributed by atoms with Crippen LogP contribution in [0.1, 0.15) is 28.2 Å². The van der Waals surface area contributed by atoms with E-state index in [0.717, 1.165) is 29.4 Å². The molecule has 1 amide bonds. The van der Waals surface area contributed by atoms with Gasteiger partial charge in [-0.25, -0.2) is 0 Å². The molecule has 8 heteroatoms. The van der Waals surface area contributed by atoms with E-state index < -0.39 is 0 Å². The fourth-order valence-corrected chi connectivity index (χ4v) is 3.72. The molecule has 1 unspecified atom stereocenters. The molecule has 0 bridgehead atoms. The fourth-order valence-electron chi connectivity index (χ4n) is 3.32. The number of carbonyl (C=O) groups excluding carboxylic acids is 1. The van der Waals surface area contributed by atoms with Gasteiger partial charge in [0.1, 0.15) is 0 Å². The molecular formula is C20H19BrN6O.